The Hall–Kier alpha value is -1.06. The zero-order valence-corrected chi connectivity index (χ0v) is 12.6. The molecular formula is C15H27NO3. The van der Waals surface area contributed by atoms with Crippen LogP contribution in [0.1, 0.15) is 53.4 Å². The van der Waals surface area contributed by atoms with E-state index in [9.17, 15) is 9.59 Å². The number of carboxylic acid groups (broad SMARTS) is 1. The molecule has 4 nitrogen and oxygen atoms in total. The maximum Gasteiger partial charge on any atom is 0.306 e. The molecule has 0 heterocycles. The van der Waals surface area contributed by atoms with E-state index in [0.717, 1.165) is 19.4 Å². The second kappa shape index (κ2) is 6.92. The van der Waals surface area contributed by atoms with Crippen molar-refractivity contribution >= 4 is 11.9 Å². The van der Waals surface area contributed by atoms with Crippen LogP contribution in [0.2, 0.25) is 0 Å². The molecular weight excluding hydrogens is 242 g/mol. The first kappa shape index (κ1) is 16.0. The molecule has 0 aromatic rings. The number of carbonyl (C=O) groups is 2. The molecule has 0 saturated heterocycles. The van der Waals surface area contributed by atoms with Gasteiger partial charge in [-0.3, -0.25) is 9.59 Å². The van der Waals surface area contributed by atoms with E-state index in [-0.39, 0.29) is 23.8 Å². The van der Waals surface area contributed by atoms with Crippen molar-refractivity contribution in [2.45, 2.75) is 59.4 Å². The van der Waals surface area contributed by atoms with Crippen LogP contribution in [-0.2, 0) is 9.59 Å². The van der Waals surface area contributed by atoms with Gasteiger partial charge in [-0.1, -0.05) is 20.3 Å². The number of hydrogen-bond donors (Lipinski definition) is 1. The van der Waals surface area contributed by atoms with Gasteiger partial charge in [-0.05, 0) is 39.0 Å². The van der Waals surface area contributed by atoms with Crippen LogP contribution in [0, 0.1) is 17.8 Å². The van der Waals surface area contributed by atoms with Crippen molar-refractivity contribution in [3.05, 3.63) is 0 Å². The van der Waals surface area contributed by atoms with Crippen molar-refractivity contribution < 1.29 is 14.7 Å². The lowest BCUT2D eigenvalue weighted by Gasteiger charge is -2.34. The molecule has 2 atom stereocenters. The normalized spacial score (nSPS) is 23.7. The molecule has 1 fully saturated rings. The Morgan fingerprint density at radius 1 is 1.16 bits per heavy atom. The van der Waals surface area contributed by atoms with Crippen LogP contribution < -0.4 is 0 Å². The SMILES string of the molecule is CC(C)CN(C(=O)C1CCCC(C(=O)O)C1)C(C)C. The third-order valence-electron chi connectivity index (χ3n) is 3.84. The lowest BCUT2D eigenvalue weighted by molar-refractivity contribution is -0.146. The second-order valence-corrected chi connectivity index (χ2v) is 6.38. The fourth-order valence-electron chi connectivity index (χ4n) is 2.82. The second-order valence-electron chi connectivity index (χ2n) is 6.38. The van der Waals surface area contributed by atoms with Crippen LogP contribution in [-0.4, -0.2) is 34.5 Å². The highest BCUT2D eigenvalue weighted by Gasteiger charge is 2.34. The maximum absolute atomic E-state index is 12.6. The highest BCUT2D eigenvalue weighted by atomic mass is 16.4. The molecule has 1 N–H and O–H groups in total. The minimum Gasteiger partial charge on any atom is -0.481 e. The predicted molar refractivity (Wildman–Crippen MR) is 74.8 cm³/mol. The number of carboxylic acids is 1. The van der Waals surface area contributed by atoms with Gasteiger partial charge < -0.3 is 10.0 Å². The van der Waals surface area contributed by atoms with E-state index < -0.39 is 5.97 Å². The van der Waals surface area contributed by atoms with Crippen LogP contribution in [0.25, 0.3) is 0 Å². The number of rotatable bonds is 5. The van der Waals surface area contributed by atoms with Gasteiger partial charge >= 0.3 is 5.97 Å². The molecule has 0 aromatic carbocycles. The summed E-state index contributed by atoms with van der Waals surface area (Å²) in [4.78, 5) is 25.6. The number of carbonyl (C=O) groups excluding carboxylic acids is 1. The highest BCUT2D eigenvalue weighted by molar-refractivity contribution is 5.80. The lowest BCUT2D eigenvalue weighted by Crippen LogP contribution is -2.44. The van der Waals surface area contributed by atoms with Crippen molar-refractivity contribution in [3.63, 3.8) is 0 Å². The van der Waals surface area contributed by atoms with E-state index in [2.05, 4.69) is 13.8 Å². The third kappa shape index (κ3) is 4.51. The molecule has 1 aliphatic carbocycles. The van der Waals surface area contributed by atoms with Crippen molar-refractivity contribution in [1.29, 1.82) is 0 Å². The van der Waals surface area contributed by atoms with Gasteiger partial charge in [-0.2, -0.15) is 0 Å². The Bertz CT molecular complexity index is 325. The minimum atomic E-state index is -0.752. The Kier molecular flexibility index (Phi) is 5.83. The topological polar surface area (TPSA) is 57.6 Å². The molecule has 4 heteroatoms. The molecule has 0 radical (unpaired) electrons. The Morgan fingerprint density at radius 3 is 2.21 bits per heavy atom. The molecule has 2 unspecified atom stereocenters. The molecule has 1 saturated carbocycles. The molecule has 1 aliphatic rings. The standard InChI is InChI=1S/C15H27NO3/c1-10(2)9-16(11(3)4)14(17)12-6-5-7-13(8-12)15(18)19/h10-13H,5-9H2,1-4H3,(H,18,19). The monoisotopic (exact) mass is 269 g/mol. The number of amides is 1. The van der Waals surface area contributed by atoms with Gasteiger partial charge in [-0.15, -0.1) is 0 Å². The summed E-state index contributed by atoms with van der Waals surface area (Å²) in [5, 5.41) is 9.11. The lowest BCUT2D eigenvalue weighted by atomic mass is 9.80. The summed E-state index contributed by atoms with van der Waals surface area (Å²) in [6.45, 7) is 9.01. The quantitative estimate of drug-likeness (QED) is 0.835. The highest BCUT2D eigenvalue weighted by Crippen LogP contribution is 2.31. The number of hydrogen-bond acceptors (Lipinski definition) is 2. The van der Waals surface area contributed by atoms with Crippen molar-refractivity contribution in [3.8, 4) is 0 Å². The first-order valence-corrected chi connectivity index (χ1v) is 7.36. The van der Waals surface area contributed by atoms with E-state index in [4.69, 9.17) is 5.11 Å². The Labute approximate surface area is 116 Å². The summed E-state index contributed by atoms with van der Waals surface area (Å²) >= 11 is 0. The van der Waals surface area contributed by atoms with Gasteiger partial charge in [0.2, 0.25) is 5.91 Å². The summed E-state index contributed by atoms with van der Waals surface area (Å²) in [5.41, 5.74) is 0. The van der Waals surface area contributed by atoms with E-state index in [1.807, 2.05) is 18.7 Å². The van der Waals surface area contributed by atoms with E-state index in [1.165, 1.54) is 0 Å². The average molecular weight is 269 g/mol. The summed E-state index contributed by atoms with van der Waals surface area (Å²) in [6.07, 6.45) is 2.91. The average Bonchev–Trinajstić information content (AvgIpc) is 2.34. The molecule has 0 spiro atoms. The molecule has 0 aromatic heterocycles. The van der Waals surface area contributed by atoms with E-state index >= 15 is 0 Å². The molecule has 0 aliphatic heterocycles. The molecule has 1 amide bonds. The van der Waals surface area contributed by atoms with Crippen molar-refractivity contribution in [2.24, 2.45) is 17.8 Å². The first-order chi connectivity index (χ1) is 8.82. The largest absolute Gasteiger partial charge is 0.481 e. The smallest absolute Gasteiger partial charge is 0.306 e. The van der Waals surface area contributed by atoms with Crippen molar-refractivity contribution in [1.82, 2.24) is 4.90 Å². The van der Waals surface area contributed by atoms with Gasteiger partial charge in [0.15, 0.2) is 0 Å². The molecule has 110 valence electrons. The van der Waals surface area contributed by atoms with Crippen LogP contribution in [0.4, 0.5) is 0 Å². The zero-order valence-electron chi connectivity index (χ0n) is 12.6. The third-order valence-corrected chi connectivity index (χ3v) is 3.84. The van der Waals surface area contributed by atoms with Gasteiger partial charge in [0.25, 0.3) is 0 Å². The summed E-state index contributed by atoms with van der Waals surface area (Å²) in [6, 6.07) is 0.181. The van der Waals surface area contributed by atoms with Crippen LogP contribution in [0.5, 0.6) is 0 Å². The molecule has 1 rings (SSSR count). The maximum atomic E-state index is 12.6. The number of nitrogens with zero attached hydrogens (tertiary/aromatic N) is 1. The summed E-state index contributed by atoms with van der Waals surface area (Å²) in [7, 11) is 0. The van der Waals surface area contributed by atoms with Gasteiger partial charge in [0.1, 0.15) is 0 Å². The Balaban J connectivity index is 2.70. The van der Waals surface area contributed by atoms with Crippen molar-refractivity contribution in [2.75, 3.05) is 6.54 Å². The summed E-state index contributed by atoms with van der Waals surface area (Å²) < 4.78 is 0. The number of aliphatic carboxylic acids is 1. The van der Waals surface area contributed by atoms with Gasteiger partial charge in [0.05, 0.1) is 5.92 Å². The fraction of sp³-hybridized carbons (Fsp3) is 0.867. The molecule has 19 heavy (non-hydrogen) atoms. The van der Waals surface area contributed by atoms with E-state index in [0.29, 0.717) is 18.8 Å². The van der Waals surface area contributed by atoms with Gasteiger partial charge in [-0.25, -0.2) is 0 Å². The summed E-state index contributed by atoms with van der Waals surface area (Å²) in [5.74, 6) is -0.607. The molecule has 0 bridgehead atoms. The Morgan fingerprint density at radius 2 is 1.74 bits per heavy atom. The zero-order chi connectivity index (χ0) is 14.6. The minimum absolute atomic E-state index is 0.101. The first-order valence-electron chi connectivity index (χ1n) is 7.36. The van der Waals surface area contributed by atoms with Crippen LogP contribution >= 0.6 is 0 Å². The van der Waals surface area contributed by atoms with Crippen LogP contribution in [0.3, 0.4) is 0 Å². The van der Waals surface area contributed by atoms with E-state index in [1.54, 1.807) is 0 Å². The fourth-order valence-corrected chi connectivity index (χ4v) is 2.82. The van der Waals surface area contributed by atoms with Gasteiger partial charge in [0, 0.05) is 18.5 Å². The van der Waals surface area contributed by atoms with Crippen LogP contribution in [0.15, 0.2) is 0 Å². The predicted octanol–water partition coefficient (Wildman–Crippen LogP) is 2.77.